The molecule has 0 radical (unpaired) electrons. The van der Waals surface area contributed by atoms with Gasteiger partial charge in [-0.25, -0.2) is 4.68 Å². The number of fused-ring (bicyclic) bond motifs is 1. The van der Waals surface area contributed by atoms with Gasteiger partial charge in [-0.1, -0.05) is 19.8 Å². The summed E-state index contributed by atoms with van der Waals surface area (Å²) < 4.78 is 7.59. The van der Waals surface area contributed by atoms with Crippen molar-refractivity contribution in [1.82, 2.24) is 30.1 Å². The highest BCUT2D eigenvalue weighted by atomic mass is 16.5. The quantitative estimate of drug-likeness (QED) is 0.599. The molecule has 32 heavy (non-hydrogen) atoms. The number of aromatic amines is 1. The fourth-order valence-electron chi connectivity index (χ4n) is 4.46. The number of likely N-dealkylation sites (tertiary alicyclic amines) is 1. The molecule has 1 aromatic carbocycles. The summed E-state index contributed by atoms with van der Waals surface area (Å²) in [5.41, 5.74) is 1.12. The molecule has 172 valence electrons. The zero-order valence-corrected chi connectivity index (χ0v) is 19.6. The zero-order valence-electron chi connectivity index (χ0n) is 19.6. The minimum Gasteiger partial charge on any atom is -0.494 e. The molecule has 0 aliphatic carbocycles. The number of tetrazole rings is 1. The number of benzene rings is 1. The lowest BCUT2D eigenvalue weighted by Crippen LogP contribution is -2.38. The fraction of sp³-hybridized carbons (Fsp3) is 0.583. The highest BCUT2D eigenvalue weighted by molar-refractivity contribution is 5.80. The monoisotopic (exact) mass is 438 g/mol. The van der Waals surface area contributed by atoms with Crippen molar-refractivity contribution in [3.8, 4) is 5.75 Å². The summed E-state index contributed by atoms with van der Waals surface area (Å²) in [6.07, 6.45) is 5.51. The number of hydrogen-bond donors (Lipinski definition) is 1. The van der Waals surface area contributed by atoms with E-state index in [1.54, 1.807) is 0 Å². The molecule has 3 heterocycles. The van der Waals surface area contributed by atoms with E-state index in [1.807, 2.05) is 35.9 Å². The van der Waals surface area contributed by atoms with Crippen molar-refractivity contribution >= 4 is 10.9 Å². The summed E-state index contributed by atoms with van der Waals surface area (Å²) in [6, 6.07) is 7.45. The third kappa shape index (κ3) is 4.41. The van der Waals surface area contributed by atoms with Crippen molar-refractivity contribution in [2.75, 3.05) is 19.7 Å². The van der Waals surface area contributed by atoms with Crippen LogP contribution in [0.4, 0.5) is 0 Å². The van der Waals surface area contributed by atoms with Gasteiger partial charge in [0.15, 0.2) is 5.82 Å². The summed E-state index contributed by atoms with van der Waals surface area (Å²) >= 11 is 0. The molecule has 4 rings (SSSR count). The van der Waals surface area contributed by atoms with E-state index >= 15 is 0 Å². The Bertz CT molecular complexity index is 1110. The van der Waals surface area contributed by atoms with Crippen LogP contribution >= 0.6 is 0 Å². The van der Waals surface area contributed by atoms with Gasteiger partial charge in [0.2, 0.25) is 0 Å². The van der Waals surface area contributed by atoms with E-state index in [-0.39, 0.29) is 17.1 Å². The first-order valence-electron chi connectivity index (χ1n) is 11.8. The van der Waals surface area contributed by atoms with Gasteiger partial charge >= 0.3 is 0 Å². The average Bonchev–Trinajstić information content (AvgIpc) is 3.12. The molecular weight excluding hydrogens is 404 g/mol. The number of H-pyrrole nitrogens is 1. The molecule has 2 aromatic heterocycles. The molecule has 8 heteroatoms. The summed E-state index contributed by atoms with van der Waals surface area (Å²) in [4.78, 5) is 18.8. The van der Waals surface area contributed by atoms with Crippen LogP contribution in [-0.2, 0) is 5.54 Å². The second-order valence-electron chi connectivity index (χ2n) is 9.20. The van der Waals surface area contributed by atoms with Crippen LogP contribution < -0.4 is 10.3 Å². The zero-order chi connectivity index (χ0) is 22.7. The lowest BCUT2D eigenvalue weighted by molar-refractivity contribution is 0.202. The van der Waals surface area contributed by atoms with Gasteiger partial charge in [0.25, 0.3) is 5.56 Å². The second-order valence-corrected chi connectivity index (χ2v) is 9.20. The van der Waals surface area contributed by atoms with Gasteiger partial charge in [-0.05, 0) is 87.8 Å². The predicted octanol–water partition coefficient (Wildman–Crippen LogP) is 4.02. The maximum Gasteiger partial charge on any atom is 0.253 e. The molecule has 0 bridgehead atoms. The molecular formula is C24H34N6O2. The van der Waals surface area contributed by atoms with Crippen LogP contribution in [0.2, 0.25) is 0 Å². The summed E-state index contributed by atoms with van der Waals surface area (Å²) in [5, 5.41) is 13.8. The molecule has 1 aliphatic heterocycles. The number of pyridine rings is 1. The van der Waals surface area contributed by atoms with Gasteiger partial charge in [-0.15, -0.1) is 5.10 Å². The van der Waals surface area contributed by atoms with Gasteiger partial charge in [0, 0.05) is 16.5 Å². The number of hydrogen-bond acceptors (Lipinski definition) is 6. The molecule has 1 saturated heterocycles. The smallest absolute Gasteiger partial charge is 0.253 e. The van der Waals surface area contributed by atoms with E-state index in [4.69, 9.17) is 4.74 Å². The summed E-state index contributed by atoms with van der Waals surface area (Å²) in [6.45, 7) is 10.8. The van der Waals surface area contributed by atoms with Crippen molar-refractivity contribution in [1.29, 1.82) is 0 Å². The molecule has 8 nitrogen and oxygen atoms in total. The Labute approximate surface area is 189 Å². The van der Waals surface area contributed by atoms with Gasteiger partial charge in [-0.3, -0.25) is 9.69 Å². The molecule has 1 aliphatic rings. The largest absolute Gasteiger partial charge is 0.494 e. The van der Waals surface area contributed by atoms with Crippen LogP contribution in [0.15, 0.2) is 29.1 Å². The summed E-state index contributed by atoms with van der Waals surface area (Å²) in [7, 11) is 0. The van der Waals surface area contributed by atoms with Crippen LogP contribution in [0.5, 0.6) is 5.75 Å². The third-order valence-corrected chi connectivity index (χ3v) is 6.63. The SMILES string of the molecule is CCOc1ccc2[nH]c(=O)c(C(c3nnnn3C(C)(C)CC)N3CCCCCC3)cc2c1. The van der Waals surface area contributed by atoms with E-state index in [0.717, 1.165) is 54.8 Å². The van der Waals surface area contributed by atoms with Crippen molar-refractivity contribution in [2.24, 2.45) is 0 Å². The van der Waals surface area contributed by atoms with Crippen molar-refractivity contribution < 1.29 is 4.74 Å². The maximum absolute atomic E-state index is 13.3. The topological polar surface area (TPSA) is 88.9 Å². The molecule has 0 amide bonds. The first kappa shape index (κ1) is 22.5. The lowest BCUT2D eigenvalue weighted by atomic mass is 9.99. The molecule has 1 N–H and O–H groups in total. The highest BCUT2D eigenvalue weighted by Gasteiger charge is 2.34. The molecule has 0 saturated carbocycles. The average molecular weight is 439 g/mol. The Kier molecular flexibility index (Phi) is 6.60. The van der Waals surface area contributed by atoms with Gasteiger partial charge in [0.05, 0.1) is 12.1 Å². The number of rotatable bonds is 7. The number of ether oxygens (including phenoxy) is 1. The van der Waals surface area contributed by atoms with E-state index in [1.165, 1.54) is 12.8 Å². The Morgan fingerprint density at radius 3 is 2.56 bits per heavy atom. The lowest BCUT2D eigenvalue weighted by Gasteiger charge is -2.32. The van der Waals surface area contributed by atoms with Gasteiger partial charge in [0.1, 0.15) is 11.8 Å². The Morgan fingerprint density at radius 1 is 1.12 bits per heavy atom. The predicted molar refractivity (Wildman–Crippen MR) is 125 cm³/mol. The molecule has 1 fully saturated rings. The molecule has 0 spiro atoms. The van der Waals surface area contributed by atoms with Crippen molar-refractivity contribution in [3.63, 3.8) is 0 Å². The van der Waals surface area contributed by atoms with Crippen LogP contribution in [-0.4, -0.2) is 49.8 Å². The van der Waals surface area contributed by atoms with Crippen LogP contribution in [0, 0.1) is 0 Å². The van der Waals surface area contributed by atoms with Gasteiger partial charge < -0.3 is 9.72 Å². The standard InChI is InChI=1S/C24H34N6O2/c1-5-24(3,4)30-22(26-27-28-30)21(29-13-9-7-8-10-14-29)19-16-17-15-18(32-6-2)11-12-20(17)25-23(19)31/h11-12,15-16,21H,5-10,13-14H2,1-4H3,(H,25,31). The minimum absolute atomic E-state index is 0.0974. The Hall–Kier alpha value is -2.74. The van der Waals surface area contributed by atoms with Gasteiger partial charge in [-0.2, -0.15) is 0 Å². The Morgan fingerprint density at radius 2 is 1.88 bits per heavy atom. The van der Waals surface area contributed by atoms with E-state index in [2.05, 4.69) is 46.2 Å². The normalized spacial score (nSPS) is 16.8. The highest BCUT2D eigenvalue weighted by Crippen LogP contribution is 2.32. The van der Waals surface area contributed by atoms with Crippen molar-refractivity contribution in [3.05, 3.63) is 46.0 Å². The van der Waals surface area contributed by atoms with E-state index in [9.17, 15) is 4.79 Å². The van der Waals surface area contributed by atoms with Crippen LogP contribution in [0.25, 0.3) is 10.9 Å². The Balaban J connectivity index is 1.89. The molecule has 1 unspecified atom stereocenters. The fourth-order valence-corrected chi connectivity index (χ4v) is 4.46. The number of nitrogens with one attached hydrogen (secondary N) is 1. The van der Waals surface area contributed by atoms with Crippen molar-refractivity contribution in [2.45, 2.75) is 71.4 Å². The molecule has 3 aromatic rings. The van der Waals surface area contributed by atoms with E-state index < -0.39 is 0 Å². The first-order chi connectivity index (χ1) is 15.4. The number of aromatic nitrogens is 5. The van der Waals surface area contributed by atoms with E-state index in [0.29, 0.717) is 12.2 Å². The first-order valence-corrected chi connectivity index (χ1v) is 11.8. The number of nitrogens with zero attached hydrogens (tertiary/aromatic N) is 5. The van der Waals surface area contributed by atoms with Crippen LogP contribution in [0.3, 0.4) is 0 Å². The molecule has 1 atom stereocenters. The second kappa shape index (κ2) is 9.40. The maximum atomic E-state index is 13.3. The minimum atomic E-state index is -0.308. The summed E-state index contributed by atoms with van der Waals surface area (Å²) in [5.74, 6) is 1.52. The third-order valence-electron chi connectivity index (χ3n) is 6.63. The van der Waals surface area contributed by atoms with Crippen LogP contribution in [0.1, 0.15) is 77.2 Å².